The molecule has 0 spiro atoms. The predicted octanol–water partition coefficient (Wildman–Crippen LogP) is 1.40. The highest BCUT2D eigenvalue weighted by atomic mass is 16.4. The standard InChI is InChI=1S/C18H24N2O5/c1-12-4-6-15(7-5-12)16(22)8-9-17(23)20(13(2)18(24)25)11-10-19-14(3)21/h4-7,13H,8-11H2,1-3H3,(H,19,21)(H,24,25). The van der Waals surface area contributed by atoms with E-state index in [2.05, 4.69) is 5.32 Å². The van der Waals surface area contributed by atoms with Crippen LogP contribution in [0.2, 0.25) is 0 Å². The maximum atomic E-state index is 12.4. The van der Waals surface area contributed by atoms with Crippen molar-refractivity contribution in [3.05, 3.63) is 35.4 Å². The Morgan fingerprint density at radius 1 is 1.12 bits per heavy atom. The number of rotatable bonds is 9. The summed E-state index contributed by atoms with van der Waals surface area (Å²) in [6, 6.07) is 6.02. The lowest BCUT2D eigenvalue weighted by atomic mass is 10.0. The Labute approximate surface area is 147 Å². The molecule has 0 saturated heterocycles. The molecule has 0 fully saturated rings. The molecule has 0 aliphatic rings. The Hall–Kier alpha value is -2.70. The Morgan fingerprint density at radius 2 is 1.72 bits per heavy atom. The van der Waals surface area contributed by atoms with Crippen molar-refractivity contribution in [3.63, 3.8) is 0 Å². The highest BCUT2D eigenvalue weighted by Gasteiger charge is 2.25. The van der Waals surface area contributed by atoms with Crippen molar-refractivity contribution in [1.82, 2.24) is 10.2 Å². The number of carboxylic acids is 1. The molecule has 1 aromatic carbocycles. The predicted molar refractivity (Wildman–Crippen MR) is 92.2 cm³/mol. The second kappa shape index (κ2) is 9.56. The number of nitrogens with zero attached hydrogens (tertiary/aromatic N) is 1. The van der Waals surface area contributed by atoms with Crippen LogP contribution in [0.3, 0.4) is 0 Å². The van der Waals surface area contributed by atoms with Crippen molar-refractivity contribution in [2.75, 3.05) is 13.1 Å². The summed E-state index contributed by atoms with van der Waals surface area (Å²) >= 11 is 0. The van der Waals surface area contributed by atoms with Gasteiger partial charge in [0.15, 0.2) is 5.78 Å². The topological polar surface area (TPSA) is 104 Å². The molecule has 0 aromatic heterocycles. The van der Waals surface area contributed by atoms with Gasteiger partial charge in [-0.2, -0.15) is 0 Å². The minimum absolute atomic E-state index is 0.00483. The molecule has 1 unspecified atom stereocenters. The summed E-state index contributed by atoms with van der Waals surface area (Å²) < 4.78 is 0. The second-order valence-corrected chi connectivity index (χ2v) is 5.87. The lowest BCUT2D eigenvalue weighted by Crippen LogP contribution is -2.46. The first-order valence-corrected chi connectivity index (χ1v) is 8.09. The molecule has 0 heterocycles. The zero-order valence-corrected chi connectivity index (χ0v) is 14.7. The molecule has 0 aliphatic heterocycles. The van der Waals surface area contributed by atoms with Gasteiger partial charge in [0.05, 0.1) is 0 Å². The first kappa shape index (κ1) is 20.3. The van der Waals surface area contributed by atoms with Gasteiger partial charge in [-0.25, -0.2) is 4.79 Å². The van der Waals surface area contributed by atoms with Crippen molar-refractivity contribution < 1.29 is 24.3 Å². The molecule has 7 heteroatoms. The van der Waals surface area contributed by atoms with Gasteiger partial charge in [-0.3, -0.25) is 14.4 Å². The quantitative estimate of drug-likeness (QED) is 0.657. The van der Waals surface area contributed by atoms with E-state index in [0.717, 1.165) is 5.56 Å². The van der Waals surface area contributed by atoms with Crippen molar-refractivity contribution in [1.29, 1.82) is 0 Å². The number of nitrogens with one attached hydrogen (secondary N) is 1. The first-order valence-electron chi connectivity index (χ1n) is 8.09. The third-order valence-electron chi connectivity index (χ3n) is 3.81. The number of aryl methyl sites for hydroxylation is 1. The largest absolute Gasteiger partial charge is 0.480 e. The summed E-state index contributed by atoms with van der Waals surface area (Å²) in [5.41, 5.74) is 1.56. The Bertz CT molecular complexity index is 639. The van der Waals surface area contributed by atoms with E-state index in [-0.39, 0.29) is 37.6 Å². The lowest BCUT2D eigenvalue weighted by molar-refractivity contribution is -0.149. The fourth-order valence-electron chi connectivity index (χ4n) is 2.27. The van der Waals surface area contributed by atoms with E-state index in [1.165, 1.54) is 18.7 Å². The van der Waals surface area contributed by atoms with Gasteiger partial charge in [-0.1, -0.05) is 29.8 Å². The van der Waals surface area contributed by atoms with Gasteiger partial charge in [-0.05, 0) is 13.8 Å². The van der Waals surface area contributed by atoms with E-state index in [1.54, 1.807) is 12.1 Å². The van der Waals surface area contributed by atoms with E-state index in [1.807, 2.05) is 19.1 Å². The molecule has 1 atom stereocenters. The van der Waals surface area contributed by atoms with Gasteiger partial charge in [0.2, 0.25) is 11.8 Å². The molecular weight excluding hydrogens is 324 g/mol. The van der Waals surface area contributed by atoms with Crippen LogP contribution >= 0.6 is 0 Å². The van der Waals surface area contributed by atoms with Crippen LogP contribution in [0.4, 0.5) is 0 Å². The number of aliphatic carboxylic acids is 1. The third-order valence-corrected chi connectivity index (χ3v) is 3.81. The van der Waals surface area contributed by atoms with Gasteiger partial charge in [-0.15, -0.1) is 0 Å². The average Bonchev–Trinajstić information content (AvgIpc) is 2.56. The minimum Gasteiger partial charge on any atom is -0.480 e. The lowest BCUT2D eigenvalue weighted by Gasteiger charge is -2.26. The Morgan fingerprint density at radius 3 is 2.24 bits per heavy atom. The monoisotopic (exact) mass is 348 g/mol. The van der Waals surface area contributed by atoms with Crippen LogP contribution in [-0.4, -0.2) is 52.7 Å². The van der Waals surface area contributed by atoms with Crippen LogP contribution in [0.5, 0.6) is 0 Å². The second-order valence-electron chi connectivity index (χ2n) is 5.87. The smallest absolute Gasteiger partial charge is 0.326 e. The third kappa shape index (κ3) is 6.74. The van der Waals surface area contributed by atoms with Crippen LogP contribution < -0.4 is 5.32 Å². The van der Waals surface area contributed by atoms with Crippen molar-refractivity contribution in [2.24, 2.45) is 0 Å². The van der Waals surface area contributed by atoms with E-state index in [0.29, 0.717) is 5.56 Å². The highest BCUT2D eigenvalue weighted by molar-refractivity contribution is 5.98. The van der Waals surface area contributed by atoms with Crippen LogP contribution in [-0.2, 0) is 14.4 Å². The molecule has 1 aromatic rings. The summed E-state index contributed by atoms with van der Waals surface area (Å²) in [7, 11) is 0. The van der Waals surface area contributed by atoms with Gasteiger partial charge in [0.1, 0.15) is 6.04 Å². The molecule has 0 radical (unpaired) electrons. The zero-order valence-electron chi connectivity index (χ0n) is 14.7. The van der Waals surface area contributed by atoms with Crippen LogP contribution in [0.15, 0.2) is 24.3 Å². The number of carbonyl (C=O) groups excluding carboxylic acids is 3. The number of carbonyl (C=O) groups is 4. The molecule has 0 saturated carbocycles. The summed E-state index contributed by atoms with van der Waals surface area (Å²) in [4.78, 5) is 47.8. The highest BCUT2D eigenvalue weighted by Crippen LogP contribution is 2.10. The molecular formula is C18H24N2O5. The SMILES string of the molecule is CC(=O)NCCN(C(=O)CCC(=O)c1ccc(C)cc1)C(C)C(=O)O. The fourth-order valence-corrected chi connectivity index (χ4v) is 2.27. The van der Waals surface area contributed by atoms with Crippen molar-refractivity contribution >= 4 is 23.6 Å². The summed E-state index contributed by atoms with van der Waals surface area (Å²) in [6.45, 7) is 4.88. The number of hydrogen-bond donors (Lipinski definition) is 2. The van der Waals surface area contributed by atoms with E-state index < -0.39 is 17.9 Å². The van der Waals surface area contributed by atoms with Crippen LogP contribution in [0.25, 0.3) is 0 Å². The summed E-state index contributed by atoms with van der Waals surface area (Å²) in [5, 5.41) is 11.7. The summed E-state index contributed by atoms with van der Waals surface area (Å²) in [5.74, 6) is -2.00. The fraction of sp³-hybridized carbons (Fsp3) is 0.444. The maximum absolute atomic E-state index is 12.4. The van der Waals surface area contributed by atoms with E-state index in [4.69, 9.17) is 5.11 Å². The average molecular weight is 348 g/mol. The first-order chi connectivity index (χ1) is 11.7. The van der Waals surface area contributed by atoms with Gasteiger partial charge < -0.3 is 15.3 Å². The minimum atomic E-state index is -1.14. The van der Waals surface area contributed by atoms with E-state index >= 15 is 0 Å². The number of carboxylic acid groups (broad SMARTS) is 1. The molecule has 1 rings (SSSR count). The van der Waals surface area contributed by atoms with Gasteiger partial charge >= 0.3 is 5.97 Å². The molecule has 2 amide bonds. The molecule has 0 aliphatic carbocycles. The Kier molecular flexibility index (Phi) is 7.78. The van der Waals surface area contributed by atoms with E-state index in [9.17, 15) is 19.2 Å². The van der Waals surface area contributed by atoms with Crippen LogP contribution in [0.1, 0.15) is 42.6 Å². The molecule has 2 N–H and O–H groups in total. The summed E-state index contributed by atoms with van der Waals surface area (Å²) in [6.07, 6.45) is -0.0741. The molecule has 25 heavy (non-hydrogen) atoms. The number of benzene rings is 1. The normalized spacial score (nSPS) is 11.5. The molecule has 0 bridgehead atoms. The maximum Gasteiger partial charge on any atom is 0.326 e. The number of hydrogen-bond acceptors (Lipinski definition) is 4. The zero-order chi connectivity index (χ0) is 19.0. The van der Waals surface area contributed by atoms with Crippen LogP contribution in [0, 0.1) is 6.92 Å². The number of ketones is 1. The number of amides is 2. The van der Waals surface area contributed by atoms with Crippen molar-refractivity contribution in [3.8, 4) is 0 Å². The molecule has 136 valence electrons. The van der Waals surface area contributed by atoms with Crippen molar-refractivity contribution in [2.45, 2.75) is 39.7 Å². The number of Topliss-reactive ketones (excluding diaryl/α,β-unsaturated/α-hetero) is 1. The Balaban J connectivity index is 2.66. The molecule has 7 nitrogen and oxygen atoms in total. The van der Waals surface area contributed by atoms with Gasteiger partial charge in [0.25, 0.3) is 0 Å². The van der Waals surface area contributed by atoms with Gasteiger partial charge in [0, 0.05) is 38.4 Å².